The van der Waals surface area contributed by atoms with Gasteiger partial charge in [0.15, 0.2) is 0 Å². The maximum atomic E-state index is 6.16. The summed E-state index contributed by atoms with van der Waals surface area (Å²) in [6, 6.07) is 0.221. The zero-order valence-electron chi connectivity index (χ0n) is 14.1. The van der Waals surface area contributed by atoms with Crippen LogP contribution in [0.2, 0.25) is 0 Å². The van der Waals surface area contributed by atoms with E-state index in [0.29, 0.717) is 0 Å². The van der Waals surface area contributed by atoms with Gasteiger partial charge in [0.1, 0.15) is 5.82 Å². The van der Waals surface area contributed by atoms with Crippen molar-refractivity contribution in [2.24, 2.45) is 12.8 Å². The molecule has 0 aliphatic carbocycles. The first-order valence-electron chi connectivity index (χ1n) is 8.24. The third kappa shape index (κ3) is 3.98. The fourth-order valence-corrected chi connectivity index (χ4v) is 3.22. The molecular formula is C16H31N5. The highest BCUT2D eigenvalue weighted by atomic mass is 15.4. The molecule has 0 aromatic carbocycles. The Morgan fingerprint density at radius 3 is 2.62 bits per heavy atom. The van der Waals surface area contributed by atoms with Crippen LogP contribution in [0, 0.1) is 6.92 Å². The van der Waals surface area contributed by atoms with Crippen molar-refractivity contribution in [2.75, 3.05) is 38.1 Å². The molecule has 1 saturated heterocycles. The molecular weight excluding hydrogens is 262 g/mol. The SMILES string of the molecule is CCC(N)Cc1c(C)nn(C)c1N(C)CCN1CCCC1. The van der Waals surface area contributed by atoms with E-state index in [4.69, 9.17) is 5.73 Å². The second-order valence-corrected chi connectivity index (χ2v) is 6.35. The summed E-state index contributed by atoms with van der Waals surface area (Å²) in [7, 11) is 4.21. The van der Waals surface area contributed by atoms with E-state index in [0.717, 1.165) is 31.6 Å². The molecule has 120 valence electrons. The van der Waals surface area contributed by atoms with Crippen LogP contribution in [0.3, 0.4) is 0 Å². The maximum Gasteiger partial charge on any atom is 0.129 e. The minimum Gasteiger partial charge on any atom is -0.358 e. The molecule has 1 fully saturated rings. The first kappa shape index (κ1) is 16.3. The van der Waals surface area contributed by atoms with Gasteiger partial charge in [-0.3, -0.25) is 4.68 Å². The summed E-state index contributed by atoms with van der Waals surface area (Å²) in [6.45, 7) is 8.94. The maximum absolute atomic E-state index is 6.16. The lowest BCUT2D eigenvalue weighted by Crippen LogP contribution is -2.33. The number of likely N-dealkylation sites (N-methyl/N-ethyl adjacent to an activating group) is 1. The van der Waals surface area contributed by atoms with E-state index < -0.39 is 0 Å². The topological polar surface area (TPSA) is 50.3 Å². The van der Waals surface area contributed by atoms with Crippen molar-refractivity contribution in [3.63, 3.8) is 0 Å². The van der Waals surface area contributed by atoms with E-state index >= 15 is 0 Å². The number of anilines is 1. The van der Waals surface area contributed by atoms with Gasteiger partial charge in [-0.05, 0) is 45.7 Å². The number of hydrogen-bond acceptors (Lipinski definition) is 4. The van der Waals surface area contributed by atoms with Gasteiger partial charge in [-0.25, -0.2) is 0 Å². The minimum atomic E-state index is 0.221. The summed E-state index contributed by atoms with van der Waals surface area (Å²) in [5.41, 5.74) is 8.59. The molecule has 2 N–H and O–H groups in total. The monoisotopic (exact) mass is 293 g/mol. The zero-order chi connectivity index (χ0) is 15.4. The predicted molar refractivity (Wildman–Crippen MR) is 88.9 cm³/mol. The Bertz CT molecular complexity index is 448. The molecule has 1 aromatic heterocycles. The van der Waals surface area contributed by atoms with Crippen molar-refractivity contribution in [3.8, 4) is 0 Å². The van der Waals surface area contributed by atoms with E-state index in [2.05, 4.69) is 35.8 Å². The number of aromatic nitrogens is 2. The van der Waals surface area contributed by atoms with Gasteiger partial charge in [-0.1, -0.05) is 6.92 Å². The molecule has 0 amide bonds. The van der Waals surface area contributed by atoms with Crippen molar-refractivity contribution in [1.29, 1.82) is 0 Å². The third-order valence-corrected chi connectivity index (χ3v) is 4.62. The van der Waals surface area contributed by atoms with Crippen LogP contribution in [-0.2, 0) is 13.5 Å². The normalized spacial score (nSPS) is 17.4. The van der Waals surface area contributed by atoms with Gasteiger partial charge in [-0.15, -0.1) is 0 Å². The van der Waals surface area contributed by atoms with Crippen LogP contribution >= 0.6 is 0 Å². The van der Waals surface area contributed by atoms with Crippen LogP contribution in [-0.4, -0.2) is 53.9 Å². The van der Waals surface area contributed by atoms with E-state index in [1.807, 2.05) is 11.7 Å². The van der Waals surface area contributed by atoms with Crippen molar-refractivity contribution < 1.29 is 0 Å². The zero-order valence-corrected chi connectivity index (χ0v) is 14.1. The summed E-state index contributed by atoms with van der Waals surface area (Å²) in [6.07, 6.45) is 4.63. The summed E-state index contributed by atoms with van der Waals surface area (Å²) < 4.78 is 2.01. The van der Waals surface area contributed by atoms with Gasteiger partial charge < -0.3 is 15.5 Å². The lowest BCUT2D eigenvalue weighted by atomic mass is 10.0. The molecule has 0 bridgehead atoms. The van der Waals surface area contributed by atoms with Crippen LogP contribution in [0.25, 0.3) is 0 Å². The van der Waals surface area contributed by atoms with E-state index in [1.54, 1.807) is 0 Å². The fourth-order valence-electron chi connectivity index (χ4n) is 3.22. The van der Waals surface area contributed by atoms with Gasteiger partial charge in [0, 0.05) is 38.8 Å². The molecule has 1 aliphatic heterocycles. The van der Waals surface area contributed by atoms with Crippen LogP contribution in [0.5, 0.6) is 0 Å². The molecule has 5 nitrogen and oxygen atoms in total. The average molecular weight is 293 g/mol. The van der Waals surface area contributed by atoms with Crippen molar-refractivity contribution in [3.05, 3.63) is 11.3 Å². The third-order valence-electron chi connectivity index (χ3n) is 4.62. The van der Waals surface area contributed by atoms with Crippen LogP contribution in [0.1, 0.15) is 37.4 Å². The lowest BCUT2D eigenvalue weighted by molar-refractivity contribution is 0.346. The van der Waals surface area contributed by atoms with Gasteiger partial charge >= 0.3 is 0 Å². The number of nitrogens with two attached hydrogens (primary N) is 1. The molecule has 0 spiro atoms. The molecule has 5 heteroatoms. The average Bonchev–Trinajstić information content (AvgIpc) is 3.05. The molecule has 1 unspecified atom stereocenters. The Balaban J connectivity index is 2.05. The first-order chi connectivity index (χ1) is 10.0. The van der Waals surface area contributed by atoms with Crippen LogP contribution < -0.4 is 10.6 Å². The Morgan fingerprint density at radius 2 is 2.00 bits per heavy atom. The second kappa shape index (κ2) is 7.27. The molecule has 1 aliphatic rings. The quantitative estimate of drug-likeness (QED) is 0.828. The molecule has 0 radical (unpaired) electrons. The second-order valence-electron chi connectivity index (χ2n) is 6.35. The number of hydrogen-bond donors (Lipinski definition) is 1. The van der Waals surface area contributed by atoms with Crippen molar-refractivity contribution >= 4 is 5.82 Å². The lowest BCUT2D eigenvalue weighted by Gasteiger charge is -2.24. The van der Waals surface area contributed by atoms with E-state index in [9.17, 15) is 0 Å². The highest BCUT2D eigenvalue weighted by Crippen LogP contribution is 2.24. The van der Waals surface area contributed by atoms with E-state index in [-0.39, 0.29) is 6.04 Å². The van der Waals surface area contributed by atoms with Gasteiger partial charge in [0.25, 0.3) is 0 Å². The highest BCUT2D eigenvalue weighted by Gasteiger charge is 2.19. The van der Waals surface area contributed by atoms with E-state index in [1.165, 1.54) is 37.3 Å². The molecule has 2 rings (SSSR count). The largest absolute Gasteiger partial charge is 0.358 e. The Labute approximate surface area is 129 Å². The van der Waals surface area contributed by atoms with Crippen LogP contribution in [0.4, 0.5) is 5.82 Å². The Morgan fingerprint density at radius 1 is 1.33 bits per heavy atom. The van der Waals surface area contributed by atoms with Crippen molar-refractivity contribution in [1.82, 2.24) is 14.7 Å². The Kier molecular flexibility index (Phi) is 5.65. The molecule has 1 aromatic rings. The molecule has 21 heavy (non-hydrogen) atoms. The molecule has 1 atom stereocenters. The number of likely N-dealkylation sites (tertiary alicyclic amines) is 1. The smallest absolute Gasteiger partial charge is 0.129 e. The summed E-state index contributed by atoms with van der Waals surface area (Å²) in [5.74, 6) is 1.23. The predicted octanol–water partition coefficient (Wildman–Crippen LogP) is 1.54. The van der Waals surface area contributed by atoms with Crippen LogP contribution in [0.15, 0.2) is 0 Å². The number of nitrogens with zero attached hydrogens (tertiary/aromatic N) is 4. The Hall–Kier alpha value is -1.07. The van der Waals surface area contributed by atoms with Crippen molar-refractivity contribution in [2.45, 2.75) is 45.6 Å². The summed E-state index contributed by atoms with van der Waals surface area (Å²) >= 11 is 0. The highest BCUT2D eigenvalue weighted by molar-refractivity contribution is 5.50. The summed E-state index contributed by atoms with van der Waals surface area (Å²) in [5, 5.41) is 4.61. The first-order valence-corrected chi connectivity index (χ1v) is 8.24. The fraction of sp³-hybridized carbons (Fsp3) is 0.812. The number of aryl methyl sites for hydroxylation is 2. The van der Waals surface area contributed by atoms with Gasteiger partial charge in [-0.2, -0.15) is 5.10 Å². The van der Waals surface area contributed by atoms with Gasteiger partial charge in [0.2, 0.25) is 0 Å². The molecule has 2 heterocycles. The molecule has 0 saturated carbocycles. The minimum absolute atomic E-state index is 0.221. The van der Waals surface area contributed by atoms with Gasteiger partial charge in [0.05, 0.1) is 5.69 Å². The number of rotatable bonds is 7. The standard InChI is InChI=1S/C16H31N5/c1-5-14(17)12-15-13(2)18-20(4)16(15)19(3)10-11-21-8-6-7-9-21/h14H,5-12,17H2,1-4H3. The summed E-state index contributed by atoms with van der Waals surface area (Å²) in [4.78, 5) is 4.90.